The molecule has 2 N–H and O–H groups in total. The fourth-order valence-electron chi connectivity index (χ4n) is 2.34. The lowest BCUT2D eigenvalue weighted by Gasteiger charge is -2.33. The average Bonchev–Trinajstić information content (AvgIpc) is 2.29. The highest BCUT2D eigenvalue weighted by atomic mass is 15.2. The Morgan fingerprint density at radius 2 is 1.78 bits per heavy atom. The van der Waals surface area contributed by atoms with Gasteiger partial charge in [-0.1, -0.05) is 33.8 Å². The fraction of sp³-hybridized carbons (Fsp3) is 0.667. The van der Waals surface area contributed by atoms with Crippen molar-refractivity contribution in [3.63, 3.8) is 0 Å². The van der Waals surface area contributed by atoms with Crippen LogP contribution in [0.25, 0.3) is 0 Å². The minimum Gasteiger partial charge on any atom is -0.329 e. The molecule has 0 radical (unpaired) electrons. The predicted octanol–water partition coefficient (Wildman–Crippen LogP) is 2.70. The zero-order valence-electron chi connectivity index (χ0n) is 12.1. The summed E-state index contributed by atoms with van der Waals surface area (Å²) in [5, 5.41) is 0. The molecule has 0 fully saturated rings. The van der Waals surface area contributed by atoms with Gasteiger partial charge < -0.3 is 5.73 Å². The van der Waals surface area contributed by atoms with E-state index < -0.39 is 0 Å². The van der Waals surface area contributed by atoms with Crippen LogP contribution in [0, 0.1) is 11.8 Å². The molecule has 0 aliphatic rings. The summed E-state index contributed by atoms with van der Waals surface area (Å²) >= 11 is 0. The first-order valence-corrected chi connectivity index (χ1v) is 6.88. The minimum absolute atomic E-state index is 0.281. The number of nitrogens with two attached hydrogens (primary N) is 1. The van der Waals surface area contributed by atoms with Crippen LogP contribution in [-0.4, -0.2) is 29.5 Å². The second kappa shape index (κ2) is 7.49. The van der Waals surface area contributed by atoms with Gasteiger partial charge in [-0.15, -0.1) is 0 Å². The molecule has 0 aliphatic carbocycles. The smallest absolute Gasteiger partial charge is 0.0485 e. The Labute approximate surface area is 111 Å². The van der Waals surface area contributed by atoms with E-state index in [9.17, 15) is 0 Å². The van der Waals surface area contributed by atoms with Gasteiger partial charge in [0.1, 0.15) is 0 Å². The Bertz CT molecular complexity index is 312. The molecule has 0 aromatic carbocycles. The summed E-state index contributed by atoms with van der Waals surface area (Å²) in [7, 11) is 0. The third kappa shape index (κ3) is 4.75. The van der Waals surface area contributed by atoms with E-state index in [0.717, 1.165) is 13.1 Å². The molecule has 1 rings (SSSR count). The van der Waals surface area contributed by atoms with Crippen molar-refractivity contribution in [3.8, 4) is 0 Å². The lowest BCUT2D eigenvalue weighted by molar-refractivity contribution is 0.160. The summed E-state index contributed by atoms with van der Waals surface area (Å²) in [6.45, 7) is 11.8. The van der Waals surface area contributed by atoms with Crippen LogP contribution in [0.15, 0.2) is 24.5 Å². The van der Waals surface area contributed by atoms with Crippen molar-refractivity contribution in [2.45, 2.75) is 33.7 Å². The van der Waals surface area contributed by atoms with E-state index in [0.29, 0.717) is 18.4 Å². The van der Waals surface area contributed by atoms with E-state index in [1.807, 2.05) is 18.5 Å². The number of rotatable bonds is 7. The summed E-state index contributed by atoms with van der Waals surface area (Å²) in [6.07, 6.45) is 3.75. The van der Waals surface area contributed by atoms with Gasteiger partial charge in [-0.05, 0) is 23.5 Å². The highest BCUT2D eigenvalue weighted by molar-refractivity contribution is 5.14. The van der Waals surface area contributed by atoms with Crippen molar-refractivity contribution in [1.29, 1.82) is 0 Å². The molecule has 1 heterocycles. The van der Waals surface area contributed by atoms with Crippen molar-refractivity contribution in [3.05, 3.63) is 30.1 Å². The van der Waals surface area contributed by atoms with Gasteiger partial charge in [-0.2, -0.15) is 0 Å². The van der Waals surface area contributed by atoms with Gasteiger partial charge in [-0.25, -0.2) is 0 Å². The summed E-state index contributed by atoms with van der Waals surface area (Å²) in [5.74, 6) is 1.30. The van der Waals surface area contributed by atoms with Crippen molar-refractivity contribution in [2.24, 2.45) is 17.6 Å². The van der Waals surface area contributed by atoms with Crippen LogP contribution in [0.4, 0.5) is 0 Å². The van der Waals surface area contributed by atoms with E-state index in [-0.39, 0.29) is 6.04 Å². The van der Waals surface area contributed by atoms with Gasteiger partial charge >= 0.3 is 0 Å². The van der Waals surface area contributed by atoms with E-state index in [1.165, 1.54) is 5.56 Å². The molecule has 0 spiro atoms. The molecule has 102 valence electrons. The number of pyridine rings is 1. The van der Waals surface area contributed by atoms with Gasteiger partial charge in [0.25, 0.3) is 0 Å². The Hall–Kier alpha value is -0.930. The maximum atomic E-state index is 5.99. The Morgan fingerprint density at radius 1 is 1.17 bits per heavy atom. The van der Waals surface area contributed by atoms with Gasteiger partial charge in [-0.3, -0.25) is 9.88 Å². The number of hydrogen-bond acceptors (Lipinski definition) is 3. The molecule has 0 bridgehead atoms. The Kier molecular flexibility index (Phi) is 6.30. The normalized spacial score (nSPS) is 13.6. The molecular weight excluding hydrogens is 222 g/mol. The highest BCUT2D eigenvalue weighted by Crippen LogP contribution is 2.21. The monoisotopic (exact) mass is 249 g/mol. The fourth-order valence-corrected chi connectivity index (χ4v) is 2.34. The van der Waals surface area contributed by atoms with Crippen LogP contribution in [0.5, 0.6) is 0 Å². The van der Waals surface area contributed by atoms with Crippen LogP contribution < -0.4 is 5.73 Å². The zero-order valence-corrected chi connectivity index (χ0v) is 12.1. The van der Waals surface area contributed by atoms with Crippen LogP contribution in [0.2, 0.25) is 0 Å². The second-order valence-corrected chi connectivity index (χ2v) is 5.78. The Balaban J connectivity index is 2.86. The van der Waals surface area contributed by atoms with E-state index >= 15 is 0 Å². The molecule has 0 amide bonds. The molecule has 1 unspecified atom stereocenters. The third-order valence-corrected chi connectivity index (χ3v) is 2.93. The average molecular weight is 249 g/mol. The SMILES string of the molecule is CC(C)CN(CC(C)C)C(CN)c1cccnc1. The first kappa shape index (κ1) is 15.1. The molecule has 3 heteroatoms. The van der Waals surface area contributed by atoms with Crippen LogP contribution in [-0.2, 0) is 0 Å². The van der Waals surface area contributed by atoms with E-state index in [4.69, 9.17) is 5.73 Å². The third-order valence-electron chi connectivity index (χ3n) is 2.93. The standard InChI is InChI=1S/C15H27N3/c1-12(2)10-18(11-13(3)4)15(8-16)14-6-5-7-17-9-14/h5-7,9,12-13,15H,8,10-11,16H2,1-4H3. The van der Waals surface area contributed by atoms with Crippen molar-refractivity contribution in [2.75, 3.05) is 19.6 Å². The molecule has 0 saturated carbocycles. The lowest BCUT2D eigenvalue weighted by atomic mass is 10.0. The first-order valence-electron chi connectivity index (χ1n) is 6.88. The van der Waals surface area contributed by atoms with Crippen LogP contribution >= 0.6 is 0 Å². The molecule has 0 aliphatic heterocycles. The predicted molar refractivity (Wildman–Crippen MR) is 77.3 cm³/mol. The molecule has 18 heavy (non-hydrogen) atoms. The summed E-state index contributed by atoms with van der Waals surface area (Å²) < 4.78 is 0. The number of hydrogen-bond donors (Lipinski definition) is 1. The molecule has 1 atom stereocenters. The van der Waals surface area contributed by atoms with Gasteiger partial charge in [0.15, 0.2) is 0 Å². The first-order chi connectivity index (χ1) is 8.54. The minimum atomic E-state index is 0.281. The summed E-state index contributed by atoms with van der Waals surface area (Å²) in [6, 6.07) is 4.39. The van der Waals surface area contributed by atoms with E-state index in [2.05, 4.69) is 43.6 Å². The summed E-state index contributed by atoms with van der Waals surface area (Å²) in [4.78, 5) is 6.70. The molecule has 3 nitrogen and oxygen atoms in total. The molecular formula is C15H27N3. The van der Waals surface area contributed by atoms with Crippen molar-refractivity contribution >= 4 is 0 Å². The Morgan fingerprint density at radius 3 is 2.17 bits per heavy atom. The lowest BCUT2D eigenvalue weighted by Crippen LogP contribution is -2.38. The van der Waals surface area contributed by atoms with Crippen molar-refractivity contribution < 1.29 is 0 Å². The number of nitrogens with zero attached hydrogens (tertiary/aromatic N) is 2. The van der Waals surface area contributed by atoms with Gasteiger partial charge in [0.05, 0.1) is 0 Å². The quantitative estimate of drug-likeness (QED) is 0.808. The van der Waals surface area contributed by atoms with Crippen LogP contribution in [0.1, 0.15) is 39.3 Å². The van der Waals surface area contributed by atoms with Crippen LogP contribution in [0.3, 0.4) is 0 Å². The van der Waals surface area contributed by atoms with E-state index in [1.54, 1.807) is 0 Å². The van der Waals surface area contributed by atoms with Crippen molar-refractivity contribution in [1.82, 2.24) is 9.88 Å². The maximum Gasteiger partial charge on any atom is 0.0485 e. The molecule has 1 aromatic heterocycles. The number of aromatic nitrogens is 1. The zero-order chi connectivity index (χ0) is 13.5. The maximum absolute atomic E-state index is 5.99. The molecule has 1 aromatic rings. The highest BCUT2D eigenvalue weighted by Gasteiger charge is 2.20. The second-order valence-electron chi connectivity index (χ2n) is 5.78. The molecule has 0 saturated heterocycles. The van der Waals surface area contributed by atoms with Gasteiger partial charge in [0, 0.05) is 38.1 Å². The largest absolute Gasteiger partial charge is 0.329 e. The summed E-state index contributed by atoms with van der Waals surface area (Å²) in [5.41, 5.74) is 7.21. The van der Waals surface area contributed by atoms with Gasteiger partial charge in [0.2, 0.25) is 0 Å². The topological polar surface area (TPSA) is 42.1 Å².